The largest absolute Gasteiger partial charge is 0.465 e. The smallest absolute Gasteiger partial charge is 0.343 e. The number of anilines is 1. The first-order valence-corrected chi connectivity index (χ1v) is 11.6. The van der Waals surface area contributed by atoms with Crippen LogP contribution < -0.4 is 10.3 Å². The van der Waals surface area contributed by atoms with Crippen molar-refractivity contribution < 1.29 is 23.5 Å². The average Bonchev–Trinajstić information content (AvgIpc) is 3.64. The van der Waals surface area contributed by atoms with Gasteiger partial charge in [0.05, 0.1) is 24.4 Å². The maximum atomic E-state index is 15.3. The van der Waals surface area contributed by atoms with E-state index in [2.05, 4.69) is 0 Å². The molecule has 1 aromatic carbocycles. The van der Waals surface area contributed by atoms with Gasteiger partial charge in [-0.3, -0.25) is 14.5 Å². The quantitative estimate of drug-likeness (QED) is 0.589. The molecule has 2 heterocycles. The van der Waals surface area contributed by atoms with E-state index in [9.17, 15) is 14.4 Å². The third kappa shape index (κ3) is 4.46. The van der Waals surface area contributed by atoms with Crippen LogP contribution in [0.15, 0.2) is 23.1 Å². The summed E-state index contributed by atoms with van der Waals surface area (Å²) in [5.74, 6) is -1.58. The lowest BCUT2D eigenvalue weighted by molar-refractivity contribution is -0.149. The van der Waals surface area contributed by atoms with Crippen LogP contribution in [0.5, 0.6) is 0 Å². The van der Waals surface area contributed by atoms with E-state index in [1.54, 1.807) is 26.1 Å². The number of nitrogens with zero attached hydrogens (tertiary/aromatic N) is 3. The molecular weight excluding hydrogens is 429 g/mol. The van der Waals surface area contributed by atoms with E-state index >= 15 is 4.39 Å². The number of esters is 2. The normalized spacial score (nSPS) is 19.0. The highest BCUT2D eigenvalue weighted by molar-refractivity contribution is 5.94. The number of hydrogen-bond donors (Lipinski definition) is 0. The highest BCUT2D eigenvalue weighted by Gasteiger charge is 2.34. The van der Waals surface area contributed by atoms with Crippen LogP contribution in [0, 0.1) is 5.82 Å². The van der Waals surface area contributed by atoms with Gasteiger partial charge in [0, 0.05) is 37.3 Å². The Morgan fingerprint density at radius 3 is 2.45 bits per heavy atom. The zero-order valence-electron chi connectivity index (χ0n) is 19.3. The van der Waals surface area contributed by atoms with Crippen LogP contribution in [0.2, 0.25) is 0 Å². The summed E-state index contributed by atoms with van der Waals surface area (Å²) in [6.45, 7) is 7.97. The minimum atomic E-state index is -0.698. The first-order chi connectivity index (χ1) is 15.9. The second kappa shape index (κ2) is 9.51. The molecular formula is C24H30FN3O5. The summed E-state index contributed by atoms with van der Waals surface area (Å²) in [5, 5.41) is 0.155. The topological polar surface area (TPSA) is 81.1 Å². The Kier molecular flexibility index (Phi) is 6.69. The number of carbonyl (C=O) groups is 2. The van der Waals surface area contributed by atoms with Gasteiger partial charge in [-0.15, -0.1) is 0 Å². The summed E-state index contributed by atoms with van der Waals surface area (Å²) in [6.07, 6.45) is 3.39. The minimum absolute atomic E-state index is 0.0812. The molecule has 178 valence electrons. The summed E-state index contributed by atoms with van der Waals surface area (Å²) >= 11 is 0. The fraction of sp³-hybridized carbons (Fsp3) is 0.542. The van der Waals surface area contributed by atoms with Crippen molar-refractivity contribution in [3.63, 3.8) is 0 Å². The zero-order valence-corrected chi connectivity index (χ0v) is 19.3. The highest BCUT2D eigenvalue weighted by Crippen LogP contribution is 2.38. The Balaban J connectivity index is 1.77. The molecule has 4 rings (SSSR count). The van der Waals surface area contributed by atoms with Crippen LogP contribution in [-0.4, -0.2) is 66.8 Å². The van der Waals surface area contributed by atoms with E-state index in [4.69, 9.17) is 9.47 Å². The number of pyridine rings is 1. The fourth-order valence-corrected chi connectivity index (χ4v) is 4.49. The van der Waals surface area contributed by atoms with Crippen molar-refractivity contribution in [2.75, 3.05) is 44.3 Å². The number of rotatable bonds is 7. The lowest BCUT2D eigenvalue weighted by atomic mass is 10.1. The fourth-order valence-electron chi connectivity index (χ4n) is 4.49. The van der Waals surface area contributed by atoms with E-state index in [0.29, 0.717) is 37.4 Å². The summed E-state index contributed by atoms with van der Waals surface area (Å²) in [7, 11) is 0. The minimum Gasteiger partial charge on any atom is -0.465 e. The molecule has 0 spiro atoms. The van der Waals surface area contributed by atoms with Crippen LogP contribution in [0.3, 0.4) is 0 Å². The third-order valence-corrected chi connectivity index (χ3v) is 6.33. The second-order valence-electron chi connectivity index (χ2n) is 8.39. The Hall–Kier alpha value is -2.94. The molecule has 1 unspecified atom stereocenters. The van der Waals surface area contributed by atoms with Gasteiger partial charge in [0.25, 0.3) is 0 Å². The molecule has 33 heavy (non-hydrogen) atoms. The number of hydrogen-bond acceptors (Lipinski definition) is 7. The van der Waals surface area contributed by atoms with Gasteiger partial charge in [-0.25, -0.2) is 9.18 Å². The van der Waals surface area contributed by atoms with Crippen molar-refractivity contribution in [2.45, 2.75) is 45.7 Å². The number of benzene rings is 1. The van der Waals surface area contributed by atoms with Crippen LogP contribution in [0.4, 0.5) is 10.1 Å². The first-order valence-electron chi connectivity index (χ1n) is 11.6. The number of fused-ring (bicyclic) bond motifs is 1. The average molecular weight is 460 g/mol. The molecule has 0 amide bonds. The summed E-state index contributed by atoms with van der Waals surface area (Å²) in [5.41, 5.74) is 0.302. The molecule has 1 aliphatic heterocycles. The number of carbonyl (C=O) groups excluding carboxylic acids is 2. The molecule has 1 atom stereocenters. The van der Waals surface area contributed by atoms with Gasteiger partial charge in [-0.2, -0.15) is 0 Å². The molecule has 0 N–H and O–H groups in total. The molecule has 1 aromatic heterocycles. The van der Waals surface area contributed by atoms with E-state index in [0.717, 1.165) is 12.8 Å². The van der Waals surface area contributed by atoms with Crippen molar-refractivity contribution in [1.29, 1.82) is 0 Å². The standard InChI is InChI=1S/C24H30FN3O5/c1-4-26-9-10-27(14-21(26)24(31)33-6-3)20-12-19-16(11-18(20)25)22(29)17(23(30)32-5-2)13-28(19)15-7-8-15/h11-13,15,21H,4-10,14H2,1-3H3. The number of likely N-dealkylation sites (N-methyl/N-ethyl adjacent to an activating group) is 1. The lowest BCUT2D eigenvalue weighted by Crippen LogP contribution is -2.57. The predicted octanol–water partition coefficient (Wildman–Crippen LogP) is 2.73. The Labute approximate surface area is 191 Å². The van der Waals surface area contributed by atoms with Gasteiger partial charge in [0.1, 0.15) is 17.4 Å². The van der Waals surface area contributed by atoms with E-state index in [1.807, 2.05) is 21.3 Å². The molecule has 2 aromatic rings. The molecule has 9 heteroatoms. The Morgan fingerprint density at radius 2 is 1.82 bits per heavy atom. The molecule has 8 nitrogen and oxygen atoms in total. The summed E-state index contributed by atoms with van der Waals surface area (Å²) in [6, 6.07) is 2.54. The van der Waals surface area contributed by atoms with Gasteiger partial charge in [0.2, 0.25) is 5.43 Å². The Bertz CT molecular complexity index is 1130. The number of ether oxygens (including phenoxy) is 2. The van der Waals surface area contributed by atoms with Gasteiger partial charge >= 0.3 is 11.9 Å². The molecule has 1 aliphatic carbocycles. The number of aromatic nitrogens is 1. The van der Waals surface area contributed by atoms with Gasteiger partial charge in [-0.1, -0.05) is 6.92 Å². The predicted molar refractivity (Wildman–Crippen MR) is 122 cm³/mol. The molecule has 2 aliphatic rings. The van der Waals surface area contributed by atoms with Crippen LogP contribution in [0.25, 0.3) is 10.9 Å². The monoisotopic (exact) mass is 459 g/mol. The molecule has 2 fully saturated rings. The summed E-state index contributed by atoms with van der Waals surface area (Å²) in [4.78, 5) is 41.7. The first kappa shape index (κ1) is 23.2. The van der Waals surface area contributed by atoms with Gasteiger partial charge in [0.15, 0.2) is 0 Å². The van der Waals surface area contributed by atoms with Crippen molar-refractivity contribution in [2.24, 2.45) is 0 Å². The van der Waals surface area contributed by atoms with Crippen molar-refractivity contribution in [1.82, 2.24) is 9.47 Å². The zero-order chi connectivity index (χ0) is 23.7. The highest BCUT2D eigenvalue weighted by atomic mass is 19.1. The molecule has 0 radical (unpaired) electrons. The van der Waals surface area contributed by atoms with Crippen LogP contribution in [-0.2, 0) is 14.3 Å². The van der Waals surface area contributed by atoms with E-state index < -0.39 is 23.3 Å². The van der Waals surface area contributed by atoms with Gasteiger partial charge in [-0.05, 0) is 45.4 Å². The number of piperazine rings is 1. The molecule has 0 bridgehead atoms. The maximum Gasteiger partial charge on any atom is 0.343 e. The molecule has 1 saturated carbocycles. The van der Waals surface area contributed by atoms with Crippen molar-refractivity contribution in [3.05, 3.63) is 39.9 Å². The van der Waals surface area contributed by atoms with E-state index in [-0.39, 0.29) is 36.2 Å². The SMILES string of the molecule is CCOC(=O)c1cn(C2CC2)c2cc(N3CCN(CC)C(C(=O)OCC)C3)c(F)cc2c1=O. The van der Waals surface area contributed by atoms with Crippen molar-refractivity contribution >= 4 is 28.5 Å². The summed E-state index contributed by atoms with van der Waals surface area (Å²) < 4.78 is 27.5. The second-order valence-corrected chi connectivity index (χ2v) is 8.39. The third-order valence-electron chi connectivity index (χ3n) is 6.33. The van der Waals surface area contributed by atoms with E-state index in [1.165, 1.54) is 6.07 Å². The Morgan fingerprint density at radius 1 is 1.09 bits per heavy atom. The molecule has 1 saturated heterocycles. The van der Waals surface area contributed by atoms with Crippen LogP contribution >= 0.6 is 0 Å². The van der Waals surface area contributed by atoms with Gasteiger partial charge < -0.3 is 18.9 Å². The maximum absolute atomic E-state index is 15.3. The lowest BCUT2D eigenvalue weighted by Gasteiger charge is -2.40. The van der Waals surface area contributed by atoms with Crippen molar-refractivity contribution in [3.8, 4) is 0 Å². The van der Waals surface area contributed by atoms with Crippen LogP contribution in [0.1, 0.15) is 50.0 Å². The number of halogens is 1.